The first kappa shape index (κ1) is 21.3. The molecule has 0 radical (unpaired) electrons. The Kier molecular flexibility index (Phi) is 5.90. The van der Waals surface area contributed by atoms with Crippen LogP contribution >= 0.6 is 0 Å². The van der Waals surface area contributed by atoms with E-state index in [0.717, 1.165) is 24.1 Å². The van der Waals surface area contributed by atoms with Gasteiger partial charge < -0.3 is 10.2 Å². The van der Waals surface area contributed by atoms with Crippen molar-refractivity contribution in [1.29, 1.82) is 0 Å². The number of piperidine rings is 1. The van der Waals surface area contributed by atoms with Gasteiger partial charge in [0.25, 0.3) is 0 Å². The van der Waals surface area contributed by atoms with Gasteiger partial charge in [0.15, 0.2) is 0 Å². The van der Waals surface area contributed by atoms with E-state index in [1.54, 1.807) is 23.1 Å². The molecule has 8 heteroatoms. The van der Waals surface area contributed by atoms with Crippen LogP contribution in [0.25, 0.3) is 0 Å². The third kappa shape index (κ3) is 3.99. The largest absolute Gasteiger partial charge is 0.353 e. The fraction of sp³-hybridized carbons (Fsp3) is 0.636. The van der Waals surface area contributed by atoms with Gasteiger partial charge >= 0.3 is 0 Å². The Morgan fingerprint density at radius 3 is 2.37 bits per heavy atom. The van der Waals surface area contributed by atoms with Crippen LogP contribution in [0.4, 0.5) is 5.69 Å². The molecule has 2 aliphatic heterocycles. The molecule has 1 atom stereocenters. The third-order valence-electron chi connectivity index (χ3n) is 6.77. The van der Waals surface area contributed by atoms with Crippen molar-refractivity contribution in [3.05, 3.63) is 23.8 Å². The molecule has 7 nitrogen and oxygen atoms in total. The van der Waals surface area contributed by atoms with E-state index < -0.39 is 10.0 Å². The second kappa shape index (κ2) is 8.30. The van der Waals surface area contributed by atoms with E-state index >= 15 is 0 Å². The lowest BCUT2D eigenvalue weighted by molar-refractivity contribution is -0.126. The van der Waals surface area contributed by atoms with Gasteiger partial charge in [-0.1, -0.05) is 12.8 Å². The number of carbonyl (C=O) groups excluding carboxylic acids is 2. The first-order valence-electron chi connectivity index (χ1n) is 11.0. The van der Waals surface area contributed by atoms with Gasteiger partial charge in [0, 0.05) is 43.7 Å². The molecule has 1 aromatic rings. The minimum absolute atomic E-state index is 0.0320. The number of anilines is 1. The average Bonchev–Trinajstić information content (AvgIpc) is 3.33. The number of benzene rings is 1. The Balaban J connectivity index is 1.42. The van der Waals surface area contributed by atoms with Crippen molar-refractivity contribution in [2.24, 2.45) is 5.92 Å². The molecule has 3 aliphatic rings. The zero-order chi connectivity index (χ0) is 21.5. The molecule has 0 bridgehead atoms. The Bertz CT molecular complexity index is 932. The van der Waals surface area contributed by atoms with E-state index in [9.17, 15) is 18.0 Å². The highest BCUT2D eigenvalue weighted by atomic mass is 32.2. The maximum absolute atomic E-state index is 13.2. The number of hydrogen-bond donors (Lipinski definition) is 1. The third-order valence-corrected chi connectivity index (χ3v) is 8.66. The lowest BCUT2D eigenvalue weighted by atomic mass is 9.97. The lowest BCUT2D eigenvalue weighted by Gasteiger charge is -2.31. The molecule has 2 fully saturated rings. The maximum atomic E-state index is 13.2. The number of carbonyl (C=O) groups is 2. The van der Waals surface area contributed by atoms with Crippen LogP contribution in [-0.4, -0.2) is 49.7 Å². The topological polar surface area (TPSA) is 86.8 Å². The molecular formula is C22H31N3O4S. The standard InChI is InChI=1S/C22H31N3O4S/c1-15-13-18-14-20(7-8-21(18)25(15)16(2)26)30(28,29)24-11-9-17(10-12-24)22(27)23-19-5-3-4-6-19/h7-8,14-15,17,19H,3-6,9-13H2,1-2H3,(H,23,27)/t15-/m0/s1. The SMILES string of the molecule is CC(=O)N1c2ccc(S(=O)(=O)N3CCC(C(=O)NC4CCCC4)CC3)cc2C[C@@H]1C. The Labute approximate surface area is 178 Å². The maximum Gasteiger partial charge on any atom is 0.243 e. The smallest absolute Gasteiger partial charge is 0.243 e. The van der Waals surface area contributed by atoms with Crippen LogP contribution in [0.3, 0.4) is 0 Å². The molecule has 0 spiro atoms. The van der Waals surface area contributed by atoms with Gasteiger partial charge in [-0.25, -0.2) is 8.42 Å². The normalized spacial score (nSPS) is 23.5. The Hall–Kier alpha value is -1.93. The van der Waals surface area contributed by atoms with Crippen LogP contribution in [0.2, 0.25) is 0 Å². The van der Waals surface area contributed by atoms with Crippen LogP contribution in [0.1, 0.15) is 57.9 Å². The number of sulfonamides is 1. The molecular weight excluding hydrogens is 402 g/mol. The first-order chi connectivity index (χ1) is 14.3. The molecule has 1 aromatic carbocycles. The highest BCUT2D eigenvalue weighted by molar-refractivity contribution is 7.89. The van der Waals surface area contributed by atoms with Crippen LogP contribution in [-0.2, 0) is 26.0 Å². The molecule has 1 N–H and O–H groups in total. The number of rotatable bonds is 4. The van der Waals surface area contributed by atoms with Gasteiger partial charge in [-0.15, -0.1) is 0 Å². The zero-order valence-corrected chi connectivity index (χ0v) is 18.6. The van der Waals surface area contributed by atoms with Crippen molar-refractivity contribution < 1.29 is 18.0 Å². The Morgan fingerprint density at radius 2 is 1.73 bits per heavy atom. The highest BCUT2D eigenvalue weighted by Crippen LogP contribution is 2.35. The summed E-state index contributed by atoms with van der Waals surface area (Å²) in [5.74, 6) is -0.0633. The minimum Gasteiger partial charge on any atom is -0.353 e. The molecule has 1 saturated heterocycles. The summed E-state index contributed by atoms with van der Waals surface area (Å²) < 4.78 is 27.9. The molecule has 4 rings (SSSR count). The van der Waals surface area contributed by atoms with Crippen LogP contribution in [0.15, 0.2) is 23.1 Å². The fourth-order valence-electron chi connectivity index (χ4n) is 5.14. The summed E-state index contributed by atoms with van der Waals surface area (Å²) in [7, 11) is -3.61. The number of hydrogen-bond acceptors (Lipinski definition) is 4. The van der Waals surface area contributed by atoms with E-state index in [-0.39, 0.29) is 28.7 Å². The summed E-state index contributed by atoms with van der Waals surface area (Å²) in [6, 6.07) is 5.38. The molecule has 1 aliphatic carbocycles. The highest BCUT2D eigenvalue weighted by Gasteiger charge is 2.35. The Morgan fingerprint density at radius 1 is 1.07 bits per heavy atom. The van der Waals surface area contributed by atoms with Crippen molar-refractivity contribution in [1.82, 2.24) is 9.62 Å². The van der Waals surface area contributed by atoms with E-state index in [2.05, 4.69) is 5.32 Å². The van der Waals surface area contributed by atoms with Gasteiger partial charge in [0.2, 0.25) is 21.8 Å². The molecule has 1 saturated carbocycles. The predicted octanol–water partition coefficient (Wildman–Crippen LogP) is 2.44. The van der Waals surface area contributed by atoms with E-state index in [0.29, 0.717) is 38.4 Å². The van der Waals surface area contributed by atoms with Crippen LogP contribution in [0, 0.1) is 5.92 Å². The molecule has 2 heterocycles. The van der Waals surface area contributed by atoms with Crippen molar-refractivity contribution in [3.8, 4) is 0 Å². The first-order valence-corrected chi connectivity index (χ1v) is 12.4. The summed E-state index contributed by atoms with van der Waals surface area (Å²) in [6.45, 7) is 4.22. The van der Waals surface area contributed by atoms with E-state index in [1.807, 2.05) is 6.92 Å². The minimum atomic E-state index is -3.61. The van der Waals surface area contributed by atoms with Gasteiger partial charge in [-0.05, 0) is 62.8 Å². The van der Waals surface area contributed by atoms with Gasteiger partial charge in [-0.2, -0.15) is 4.31 Å². The van der Waals surface area contributed by atoms with Crippen LogP contribution < -0.4 is 10.2 Å². The van der Waals surface area contributed by atoms with Crippen molar-refractivity contribution in [2.45, 2.75) is 75.8 Å². The second-order valence-corrected chi connectivity index (χ2v) is 10.8. The predicted molar refractivity (Wildman–Crippen MR) is 115 cm³/mol. The molecule has 30 heavy (non-hydrogen) atoms. The van der Waals surface area contributed by atoms with Crippen molar-refractivity contribution in [3.63, 3.8) is 0 Å². The van der Waals surface area contributed by atoms with Gasteiger partial charge in [0.05, 0.1) is 4.90 Å². The molecule has 164 valence electrons. The fourth-order valence-corrected chi connectivity index (χ4v) is 6.67. The lowest BCUT2D eigenvalue weighted by Crippen LogP contribution is -2.44. The summed E-state index contributed by atoms with van der Waals surface area (Å²) in [5, 5.41) is 3.14. The number of nitrogens with zero attached hydrogens (tertiary/aromatic N) is 2. The number of fused-ring (bicyclic) bond motifs is 1. The van der Waals surface area contributed by atoms with Crippen LogP contribution in [0.5, 0.6) is 0 Å². The summed E-state index contributed by atoms with van der Waals surface area (Å²) >= 11 is 0. The summed E-state index contributed by atoms with van der Waals surface area (Å²) in [6.07, 6.45) is 6.21. The van der Waals surface area contributed by atoms with Gasteiger partial charge in [-0.3, -0.25) is 9.59 Å². The van der Waals surface area contributed by atoms with Crippen molar-refractivity contribution in [2.75, 3.05) is 18.0 Å². The summed E-state index contributed by atoms with van der Waals surface area (Å²) in [4.78, 5) is 26.4. The van der Waals surface area contributed by atoms with E-state index in [1.165, 1.54) is 24.1 Å². The molecule has 0 unspecified atom stereocenters. The van der Waals surface area contributed by atoms with E-state index in [4.69, 9.17) is 0 Å². The number of amides is 2. The monoisotopic (exact) mass is 433 g/mol. The summed E-state index contributed by atoms with van der Waals surface area (Å²) in [5.41, 5.74) is 1.70. The van der Waals surface area contributed by atoms with Gasteiger partial charge in [0.1, 0.15) is 0 Å². The van der Waals surface area contributed by atoms with Crippen molar-refractivity contribution >= 4 is 27.5 Å². The quantitative estimate of drug-likeness (QED) is 0.790. The second-order valence-electron chi connectivity index (χ2n) is 8.90. The number of nitrogens with one attached hydrogen (secondary N) is 1. The zero-order valence-electron chi connectivity index (χ0n) is 17.8. The molecule has 0 aromatic heterocycles. The molecule has 2 amide bonds. The average molecular weight is 434 g/mol.